The fourth-order valence-corrected chi connectivity index (χ4v) is 4.05. The number of ether oxygens (including phenoxy) is 2. The van der Waals surface area contributed by atoms with E-state index in [4.69, 9.17) is 9.47 Å². The quantitative estimate of drug-likeness (QED) is 0.601. The molecule has 0 bridgehead atoms. The molecule has 4 atom stereocenters. The number of hydrogen-bond acceptors (Lipinski definition) is 4. The molecule has 4 nitrogen and oxygen atoms in total. The zero-order valence-corrected chi connectivity index (χ0v) is 21.4. The number of likely N-dealkylation sites (N-methyl/N-ethyl adjacent to an activating group) is 2. The normalized spacial score (nSPS) is 27.6. The molecular formula is C24H54N2O2. The fourth-order valence-electron chi connectivity index (χ4n) is 4.05. The van der Waals surface area contributed by atoms with E-state index in [0.717, 1.165) is 43.6 Å². The minimum absolute atomic E-state index is 0.465. The first-order valence-corrected chi connectivity index (χ1v) is 11.7. The first-order chi connectivity index (χ1) is 13.2. The Balaban J connectivity index is 0. The molecule has 4 heteroatoms. The molecule has 0 aromatic heterocycles. The second-order valence-corrected chi connectivity index (χ2v) is 8.54. The molecule has 2 rings (SSSR count). The second-order valence-electron chi connectivity index (χ2n) is 8.54. The molecule has 0 aromatic rings. The van der Waals surface area contributed by atoms with Crippen LogP contribution < -0.4 is 0 Å². The molecule has 0 aromatic carbocycles. The average molecular weight is 403 g/mol. The van der Waals surface area contributed by atoms with Gasteiger partial charge in [0.25, 0.3) is 0 Å². The Morgan fingerprint density at radius 1 is 0.786 bits per heavy atom. The first kappa shape index (κ1) is 30.0. The van der Waals surface area contributed by atoms with Gasteiger partial charge in [-0.1, -0.05) is 68.7 Å². The molecule has 2 heterocycles. The highest BCUT2D eigenvalue weighted by molar-refractivity contribution is 4.87. The van der Waals surface area contributed by atoms with Crippen molar-refractivity contribution >= 4 is 0 Å². The predicted molar refractivity (Wildman–Crippen MR) is 125 cm³/mol. The Morgan fingerprint density at radius 2 is 1.18 bits per heavy atom. The molecule has 0 saturated carbocycles. The summed E-state index contributed by atoms with van der Waals surface area (Å²) >= 11 is 0. The lowest BCUT2D eigenvalue weighted by Gasteiger charge is -2.25. The van der Waals surface area contributed by atoms with Gasteiger partial charge in [-0.2, -0.15) is 0 Å². The van der Waals surface area contributed by atoms with Crippen LogP contribution >= 0.6 is 0 Å². The van der Waals surface area contributed by atoms with E-state index in [1.165, 1.54) is 19.3 Å². The van der Waals surface area contributed by atoms with E-state index in [0.29, 0.717) is 12.2 Å². The highest BCUT2D eigenvalue weighted by Crippen LogP contribution is 2.25. The van der Waals surface area contributed by atoms with Crippen molar-refractivity contribution in [2.45, 2.75) is 106 Å². The van der Waals surface area contributed by atoms with Crippen molar-refractivity contribution in [2.24, 2.45) is 11.8 Å². The van der Waals surface area contributed by atoms with E-state index in [2.05, 4.69) is 65.3 Å². The maximum absolute atomic E-state index is 5.38. The summed E-state index contributed by atoms with van der Waals surface area (Å²) < 4.78 is 10.7. The van der Waals surface area contributed by atoms with Crippen molar-refractivity contribution in [3.63, 3.8) is 0 Å². The van der Waals surface area contributed by atoms with Crippen LogP contribution in [0.4, 0.5) is 0 Å². The van der Waals surface area contributed by atoms with Gasteiger partial charge in [-0.15, -0.1) is 0 Å². The first-order valence-electron chi connectivity index (χ1n) is 11.7. The van der Waals surface area contributed by atoms with Crippen molar-refractivity contribution in [3.05, 3.63) is 0 Å². The Kier molecular flexibility index (Phi) is 19.0. The summed E-state index contributed by atoms with van der Waals surface area (Å²) in [6.07, 6.45) is 4.59. The van der Waals surface area contributed by atoms with Gasteiger partial charge < -0.3 is 14.4 Å². The zero-order chi connectivity index (χ0) is 22.3. The van der Waals surface area contributed by atoms with Gasteiger partial charge in [-0.25, -0.2) is 0 Å². The SMILES string of the molecule is CC.CCC.CCN1CC(OC)CC1C(C)C.COC1CC(C(C)C)N(C)C1. The number of rotatable bonds is 5. The summed E-state index contributed by atoms with van der Waals surface area (Å²) in [7, 11) is 5.81. The highest BCUT2D eigenvalue weighted by atomic mass is 16.5. The van der Waals surface area contributed by atoms with E-state index >= 15 is 0 Å². The van der Waals surface area contributed by atoms with Gasteiger partial charge in [-0.05, 0) is 38.3 Å². The Hall–Kier alpha value is -0.160. The molecule has 0 amide bonds. The minimum Gasteiger partial charge on any atom is -0.380 e. The van der Waals surface area contributed by atoms with Crippen molar-refractivity contribution < 1.29 is 9.47 Å². The Morgan fingerprint density at radius 3 is 1.43 bits per heavy atom. The molecule has 28 heavy (non-hydrogen) atoms. The highest BCUT2D eigenvalue weighted by Gasteiger charge is 2.32. The molecule has 2 aliphatic heterocycles. The molecule has 0 radical (unpaired) electrons. The minimum atomic E-state index is 0.465. The van der Waals surface area contributed by atoms with Gasteiger partial charge in [0.15, 0.2) is 0 Å². The summed E-state index contributed by atoms with van der Waals surface area (Å²) in [5.74, 6) is 1.50. The lowest BCUT2D eigenvalue weighted by atomic mass is 10.0. The smallest absolute Gasteiger partial charge is 0.0713 e. The molecule has 4 unspecified atom stereocenters. The molecule has 2 saturated heterocycles. The molecule has 0 aliphatic carbocycles. The van der Waals surface area contributed by atoms with Gasteiger partial charge in [0, 0.05) is 39.4 Å². The van der Waals surface area contributed by atoms with Crippen LogP contribution in [-0.2, 0) is 9.47 Å². The van der Waals surface area contributed by atoms with E-state index < -0.39 is 0 Å². The van der Waals surface area contributed by atoms with Crippen molar-refractivity contribution in [1.82, 2.24) is 9.80 Å². The topological polar surface area (TPSA) is 24.9 Å². The number of hydrogen-bond donors (Lipinski definition) is 0. The molecule has 0 N–H and O–H groups in total. The number of nitrogens with zero attached hydrogens (tertiary/aromatic N) is 2. The van der Waals surface area contributed by atoms with Crippen LogP contribution in [0, 0.1) is 11.8 Å². The molecule has 2 fully saturated rings. The third kappa shape index (κ3) is 11.1. The van der Waals surface area contributed by atoms with Crippen LogP contribution in [0.1, 0.15) is 81.6 Å². The van der Waals surface area contributed by atoms with Crippen molar-refractivity contribution in [2.75, 3.05) is 40.9 Å². The summed E-state index contributed by atoms with van der Waals surface area (Å²) in [4.78, 5) is 4.93. The van der Waals surface area contributed by atoms with E-state index in [1.807, 2.05) is 21.0 Å². The zero-order valence-electron chi connectivity index (χ0n) is 21.4. The predicted octanol–water partition coefficient (Wildman–Crippen LogP) is 5.56. The van der Waals surface area contributed by atoms with Crippen LogP contribution in [0.3, 0.4) is 0 Å². The standard InChI is InChI=1S/C10H21NO.C9H19NO.C3H8.C2H6/c1-5-11-7-9(12-4)6-10(11)8(2)3;1-7(2)9-5-8(11-4)6-10(9)3;1-3-2;1-2/h8-10H,5-7H2,1-4H3;7-9H,5-6H2,1-4H3;3H2,1-2H3;1-2H3. The second kappa shape index (κ2) is 17.7. The van der Waals surface area contributed by atoms with Crippen molar-refractivity contribution in [1.29, 1.82) is 0 Å². The Labute approximate surface area is 178 Å². The molecular weight excluding hydrogens is 348 g/mol. The summed E-state index contributed by atoms with van der Waals surface area (Å²) in [6.45, 7) is 23.0. The van der Waals surface area contributed by atoms with Gasteiger partial charge >= 0.3 is 0 Å². The average Bonchev–Trinajstić information content (AvgIpc) is 3.27. The molecule has 0 spiro atoms. The van der Waals surface area contributed by atoms with Crippen LogP contribution in [0.5, 0.6) is 0 Å². The monoisotopic (exact) mass is 402 g/mol. The van der Waals surface area contributed by atoms with Crippen molar-refractivity contribution in [3.8, 4) is 0 Å². The van der Waals surface area contributed by atoms with Crippen LogP contribution in [0.15, 0.2) is 0 Å². The van der Waals surface area contributed by atoms with E-state index in [9.17, 15) is 0 Å². The van der Waals surface area contributed by atoms with Crippen LogP contribution in [0.2, 0.25) is 0 Å². The maximum atomic E-state index is 5.38. The van der Waals surface area contributed by atoms with E-state index in [-0.39, 0.29) is 0 Å². The Bertz CT molecular complexity index is 337. The van der Waals surface area contributed by atoms with E-state index in [1.54, 1.807) is 7.11 Å². The maximum Gasteiger partial charge on any atom is 0.0713 e. The molecule has 172 valence electrons. The van der Waals surface area contributed by atoms with Gasteiger partial charge in [0.2, 0.25) is 0 Å². The van der Waals surface area contributed by atoms with Crippen LogP contribution in [-0.4, -0.2) is 75.0 Å². The number of methoxy groups -OCH3 is 2. The van der Waals surface area contributed by atoms with Gasteiger partial charge in [0.05, 0.1) is 12.2 Å². The largest absolute Gasteiger partial charge is 0.380 e. The third-order valence-corrected chi connectivity index (χ3v) is 5.59. The molecule has 2 aliphatic rings. The summed E-state index contributed by atoms with van der Waals surface area (Å²) in [5, 5.41) is 0. The van der Waals surface area contributed by atoms with Gasteiger partial charge in [-0.3, -0.25) is 4.90 Å². The van der Waals surface area contributed by atoms with Crippen LogP contribution in [0.25, 0.3) is 0 Å². The summed E-state index contributed by atoms with van der Waals surface area (Å²) in [5.41, 5.74) is 0. The lowest BCUT2D eigenvalue weighted by molar-refractivity contribution is 0.109. The van der Waals surface area contributed by atoms with Gasteiger partial charge in [0.1, 0.15) is 0 Å². The third-order valence-electron chi connectivity index (χ3n) is 5.59. The lowest BCUT2D eigenvalue weighted by Crippen LogP contribution is -2.33. The number of likely N-dealkylation sites (tertiary alicyclic amines) is 2. The fraction of sp³-hybridized carbons (Fsp3) is 1.00. The summed E-state index contributed by atoms with van der Waals surface area (Å²) in [6, 6.07) is 1.46.